The quantitative estimate of drug-likeness (QED) is 0.560. The van der Waals surface area contributed by atoms with Gasteiger partial charge in [-0.1, -0.05) is 31.5 Å². The van der Waals surface area contributed by atoms with Gasteiger partial charge in [0.25, 0.3) is 0 Å². The van der Waals surface area contributed by atoms with Crippen LogP contribution in [0.1, 0.15) is 19.4 Å². The number of nitrogens with zero attached hydrogens (tertiary/aromatic N) is 1. The highest BCUT2D eigenvalue weighted by atomic mass is 35.5. The number of pyridine rings is 1. The van der Waals surface area contributed by atoms with E-state index in [-0.39, 0.29) is 0 Å². The van der Waals surface area contributed by atoms with Crippen molar-refractivity contribution in [1.29, 1.82) is 0 Å². The molecule has 0 saturated carbocycles. The highest BCUT2D eigenvalue weighted by molar-refractivity contribution is 6.31. The molecule has 1 heterocycles. The van der Waals surface area contributed by atoms with Crippen LogP contribution in [0.3, 0.4) is 0 Å². The lowest BCUT2D eigenvalue weighted by molar-refractivity contribution is 0.415. The predicted molar refractivity (Wildman–Crippen MR) is 86.9 cm³/mol. The lowest BCUT2D eigenvalue weighted by Gasteiger charge is -2.08. The van der Waals surface area contributed by atoms with Gasteiger partial charge >= 0.3 is 0 Å². The van der Waals surface area contributed by atoms with Crippen LogP contribution >= 0.6 is 11.6 Å². The maximum absolute atomic E-state index is 6.01. The zero-order chi connectivity index (χ0) is 14.7. The predicted octanol–water partition coefficient (Wildman–Crippen LogP) is 5.38. The van der Waals surface area contributed by atoms with E-state index in [1.807, 2.05) is 50.2 Å². The van der Waals surface area contributed by atoms with Crippen molar-refractivity contribution in [3.63, 3.8) is 0 Å². The average Bonchev–Trinajstić information content (AvgIpc) is 2.49. The van der Waals surface area contributed by atoms with Crippen LogP contribution in [0.5, 0.6) is 5.75 Å². The molecule has 0 saturated heterocycles. The minimum absolute atomic E-state index is 0.710. The SMILES string of the molecule is CC.COc1ccc2nc3cc(Cl)ccc3c(C)c2c1. The van der Waals surface area contributed by atoms with E-state index in [4.69, 9.17) is 16.3 Å². The Labute approximate surface area is 124 Å². The van der Waals surface area contributed by atoms with Gasteiger partial charge in [0.2, 0.25) is 0 Å². The molecule has 2 aromatic carbocycles. The molecule has 0 aliphatic heterocycles. The molecule has 1 aromatic heterocycles. The van der Waals surface area contributed by atoms with Crippen molar-refractivity contribution in [1.82, 2.24) is 4.98 Å². The van der Waals surface area contributed by atoms with Crippen LogP contribution in [-0.2, 0) is 0 Å². The molecule has 3 heteroatoms. The van der Waals surface area contributed by atoms with Gasteiger partial charge in [-0.2, -0.15) is 0 Å². The first kappa shape index (κ1) is 14.6. The van der Waals surface area contributed by atoms with Crippen molar-refractivity contribution in [2.24, 2.45) is 0 Å². The number of benzene rings is 2. The van der Waals surface area contributed by atoms with E-state index in [0.29, 0.717) is 5.02 Å². The second kappa shape index (κ2) is 6.10. The van der Waals surface area contributed by atoms with Crippen LogP contribution in [0.2, 0.25) is 5.02 Å². The second-order valence-corrected chi connectivity index (χ2v) is 4.72. The third kappa shape index (κ3) is 2.56. The fourth-order valence-electron chi connectivity index (χ4n) is 2.23. The molecule has 104 valence electrons. The molecule has 0 spiro atoms. The zero-order valence-corrected chi connectivity index (χ0v) is 13.0. The normalized spacial score (nSPS) is 10.2. The van der Waals surface area contributed by atoms with E-state index in [2.05, 4.69) is 11.9 Å². The van der Waals surface area contributed by atoms with E-state index in [0.717, 1.165) is 27.6 Å². The van der Waals surface area contributed by atoms with Gasteiger partial charge < -0.3 is 4.74 Å². The second-order valence-electron chi connectivity index (χ2n) is 4.28. The summed E-state index contributed by atoms with van der Waals surface area (Å²) in [6.07, 6.45) is 0. The number of aryl methyl sites for hydroxylation is 1. The molecule has 2 nitrogen and oxygen atoms in total. The Balaban J connectivity index is 0.000000704. The summed E-state index contributed by atoms with van der Waals surface area (Å²) >= 11 is 6.01. The number of hydrogen-bond donors (Lipinski definition) is 0. The number of aromatic nitrogens is 1. The Bertz CT molecular complexity index is 753. The standard InChI is InChI=1S/C15H12ClNO.C2H6/c1-9-12-5-3-10(16)7-15(12)17-14-6-4-11(18-2)8-13(9)14;1-2/h3-8H,1-2H3;1-2H3. The summed E-state index contributed by atoms with van der Waals surface area (Å²) in [4.78, 5) is 4.63. The molecule has 3 aromatic rings. The minimum atomic E-state index is 0.710. The van der Waals surface area contributed by atoms with Gasteiger partial charge in [-0.3, -0.25) is 0 Å². The fraction of sp³-hybridized carbons (Fsp3) is 0.235. The van der Waals surface area contributed by atoms with Crippen LogP contribution in [0.25, 0.3) is 21.8 Å². The van der Waals surface area contributed by atoms with Crippen molar-refractivity contribution in [2.75, 3.05) is 7.11 Å². The Morgan fingerprint density at radius 1 is 0.950 bits per heavy atom. The van der Waals surface area contributed by atoms with E-state index >= 15 is 0 Å². The monoisotopic (exact) mass is 287 g/mol. The highest BCUT2D eigenvalue weighted by Gasteiger charge is 2.07. The molecule has 0 atom stereocenters. The number of hydrogen-bond acceptors (Lipinski definition) is 2. The van der Waals surface area contributed by atoms with Gasteiger partial charge in [-0.25, -0.2) is 4.98 Å². The summed E-state index contributed by atoms with van der Waals surface area (Å²) in [5.74, 6) is 0.848. The molecule has 0 amide bonds. The Hall–Kier alpha value is -1.80. The molecule has 3 rings (SSSR count). The van der Waals surface area contributed by atoms with E-state index in [1.165, 1.54) is 5.56 Å². The summed E-state index contributed by atoms with van der Waals surface area (Å²) in [5.41, 5.74) is 3.09. The van der Waals surface area contributed by atoms with Gasteiger partial charge in [0, 0.05) is 15.8 Å². The Morgan fingerprint density at radius 2 is 1.70 bits per heavy atom. The summed E-state index contributed by atoms with van der Waals surface area (Å²) in [7, 11) is 1.67. The zero-order valence-electron chi connectivity index (χ0n) is 12.2. The van der Waals surface area contributed by atoms with Crippen molar-refractivity contribution in [2.45, 2.75) is 20.8 Å². The third-order valence-electron chi connectivity index (χ3n) is 3.21. The topological polar surface area (TPSA) is 22.1 Å². The molecule has 0 aliphatic carbocycles. The molecular weight excluding hydrogens is 270 g/mol. The summed E-state index contributed by atoms with van der Waals surface area (Å²) in [6.45, 7) is 6.10. The van der Waals surface area contributed by atoms with Crippen LogP contribution in [-0.4, -0.2) is 12.1 Å². The van der Waals surface area contributed by atoms with Gasteiger partial charge in [-0.05, 0) is 42.8 Å². The first-order valence-corrected chi connectivity index (χ1v) is 7.10. The summed E-state index contributed by atoms with van der Waals surface area (Å²) in [6, 6.07) is 11.7. The van der Waals surface area contributed by atoms with E-state index in [1.54, 1.807) is 7.11 Å². The number of ether oxygens (including phenoxy) is 1. The van der Waals surface area contributed by atoms with Gasteiger partial charge in [-0.15, -0.1) is 0 Å². The summed E-state index contributed by atoms with van der Waals surface area (Å²) in [5, 5.41) is 2.95. The first-order chi connectivity index (χ1) is 9.69. The molecule has 20 heavy (non-hydrogen) atoms. The van der Waals surface area contributed by atoms with Crippen LogP contribution < -0.4 is 4.74 Å². The lowest BCUT2D eigenvalue weighted by Crippen LogP contribution is -1.89. The smallest absolute Gasteiger partial charge is 0.119 e. The lowest BCUT2D eigenvalue weighted by atomic mass is 10.0. The third-order valence-corrected chi connectivity index (χ3v) is 3.45. The van der Waals surface area contributed by atoms with Crippen molar-refractivity contribution < 1.29 is 4.74 Å². The molecule has 0 N–H and O–H groups in total. The molecule has 0 fully saturated rings. The molecule has 0 bridgehead atoms. The van der Waals surface area contributed by atoms with Gasteiger partial charge in [0.1, 0.15) is 5.75 Å². The number of halogens is 1. The van der Waals surface area contributed by atoms with Crippen LogP contribution in [0, 0.1) is 6.92 Å². The van der Waals surface area contributed by atoms with Crippen molar-refractivity contribution in [3.05, 3.63) is 47.0 Å². The first-order valence-electron chi connectivity index (χ1n) is 6.72. The van der Waals surface area contributed by atoms with Crippen molar-refractivity contribution in [3.8, 4) is 5.75 Å². The molecule has 0 unspecified atom stereocenters. The van der Waals surface area contributed by atoms with Gasteiger partial charge in [0.15, 0.2) is 0 Å². The van der Waals surface area contributed by atoms with E-state index < -0.39 is 0 Å². The maximum atomic E-state index is 6.01. The van der Waals surface area contributed by atoms with Crippen LogP contribution in [0.4, 0.5) is 0 Å². The minimum Gasteiger partial charge on any atom is -0.497 e. The number of methoxy groups -OCH3 is 1. The fourth-order valence-corrected chi connectivity index (χ4v) is 2.40. The van der Waals surface area contributed by atoms with Crippen LogP contribution in [0.15, 0.2) is 36.4 Å². The Morgan fingerprint density at radius 3 is 2.40 bits per heavy atom. The largest absolute Gasteiger partial charge is 0.497 e. The molecular formula is C17H18ClNO. The molecule has 0 aliphatic rings. The summed E-state index contributed by atoms with van der Waals surface area (Å²) < 4.78 is 5.26. The average molecular weight is 288 g/mol. The Kier molecular flexibility index (Phi) is 4.46. The molecule has 0 radical (unpaired) electrons. The number of fused-ring (bicyclic) bond motifs is 2. The highest BCUT2D eigenvalue weighted by Crippen LogP contribution is 2.29. The van der Waals surface area contributed by atoms with Gasteiger partial charge in [0.05, 0.1) is 18.1 Å². The number of rotatable bonds is 1. The van der Waals surface area contributed by atoms with Crippen molar-refractivity contribution >= 4 is 33.4 Å². The maximum Gasteiger partial charge on any atom is 0.119 e. The van der Waals surface area contributed by atoms with E-state index in [9.17, 15) is 0 Å².